The molecule has 0 saturated carbocycles. The molecule has 1 fully saturated rings. The average molecular weight is 408 g/mol. The zero-order valence-electron chi connectivity index (χ0n) is 16.7. The molecule has 0 bridgehead atoms. The van der Waals surface area contributed by atoms with E-state index >= 15 is 0 Å². The van der Waals surface area contributed by atoms with Gasteiger partial charge in [0.2, 0.25) is 5.91 Å². The number of benzene rings is 2. The molecule has 1 heterocycles. The van der Waals surface area contributed by atoms with E-state index in [1.807, 2.05) is 60.7 Å². The molecule has 1 aliphatic heterocycles. The number of nitrogens with zero attached hydrogens (tertiary/aromatic N) is 1. The summed E-state index contributed by atoms with van der Waals surface area (Å²) < 4.78 is 0. The molecule has 1 atom stereocenters. The standard InChI is InChI=1S/C22H24N4O4/c1-22(13-12-16-8-4-2-5-9-16)19(28)26(21(30)25-22)15-18(27)24-20(29)23-14-17-10-6-3-7-11-17/h2-11H,12-15H2,1H3,(H,25,30)(H2,23,24,27,29)/t22-/m1/s1. The third kappa shape index (κ3) is 5.22. The Kier molecular flexibility index (Phi) is 6.46. The molecule has 0 unspecified atom stereocenters. The minimum atomic E-state index is -1.09. The van der Waals surface area contributed by atoms with Crippen molar-refractivity contribution in [3.8, 4) is 0 Å². The van der Waals surface area contributed by atoms with Crippen molar-refractivity contribution >= 4 is 23.9 Å². The summed E-state index contributed by atoms with van der Waals surface area (Å²) in [6.07, 6.45) is 1.00. The lowest BCUT2D eigenvalue weighted by molar-refractivity contribution is -0.134. The molecule has 0 spiro atoms. The maximum atomic E-state index is 12.8. The van der Waals surface area contributed by atoms with Crippen LogP contribution in [0.3, 0.4) is 0 Å². The van der Waals surface area contributed by atoms with E-state index in [9.17, 15) is 19.2 Å². The zero-order chi connectivity index (χ0) is 21.6. The minimum Gasteiger partial charge on any atom is -0.334 e. The van der Waals surface area contributed by atoms with E-state index in [1.165, 1.54) is 0 Å². The number of hydrogen-bond acceptors (Lipinski definition) is 4. The van der Waals surface area contributed by atoms with Crippen LogP contribution in [0, 0.1) is 0 Å². The molecular weight excluding hydrogens is 384 g/mol. The van der Waals surface area contributed by atoms with Gasteiger partial charge in [-0.1, -0.05) is 60.7 Å². The number of hydrogen-bond donors (Lipinski definition) is 3. The molecule has 30 heavy (non-hydrogen) atoms. The second-order valence-electron chi connectivity index (χ2n) is 7.36. The van der Waals surface area contributed by atoms with Crippen LogP contribution in [0.5, 0.6) is 0 Å². The summed E-state index contributed by atoms with van der Waals surface area (Å²) in [5.74, 6) is -1.22. The molecule has 8 nitrogen and oxygen atoms in total. The Morgan fingerprint density at radius 3 is 2.20 bits per heavy atom. The maximum absolute atomic E-state index is 12.8. The van der Waals surface area contributed by atoms with Crippen molar-refractivity contribution in [3.63, 3.8) is 0 Å². The molecule has 2 aromatic rings. The fraction of sp³-hybridized carbons (Fsp3) is 0.273. The molecule has 3 N–H and O–H groups in total. The van der Waals surface area contributed by atoms with Crippen LogP contribution in [-0.4, -0.2) is 40.9 Å². The van der Waals surface area contributed by atoms with E-state index < -0.39 is 36.0 Å². The highest BCUT2D eigenvalue weighted by molar-refractivity contribution is 6.09. The molecule has 6 amide bonds. The third-order valence-electron chi connectivity index (χ3n) is 4.95. The second kappa shape index (κ2) is 9.21. The quantitative estimate of drug-likeness (QED) is 0.609. The fourth-order valence-corrected chi connectivity index (χ4v) is 3.23. The first-order valence-electron chi connectivity index (χ1n) is 9.67. The van der Waals surface area contributed by atoms with Crippen molar-refractivity contribution in [1.29, 1.82) is 0 Å². The van der Waals surface area contributed by atoms with Gasteiger partial charge in [0.15, 0.2) is 0 Å². The van der Waals surface area contributed by atoms with Crippen molar-refractivity contribution in [2.24, 2.45) is 0 Å². The summed E-state index contributed by atoms with van der Waals surface area (Å²) >= 11 is 0. The largest absolute Gasteiger partial charge is 0.334 e. The highest BCUT2D eigenvalue weighted by Crippen LogP contribution is 2.23. The van der Waals surface area contributed by atoms with Crippen molar-refractivity contribution in [2.45, 2.75) is 31.8 Å². The van der Waals surface area contributed by atoms with Gasteiger partial charge in [0.25, 0.3) is 5.91 Å². The highest BCUT2D eigenvalue weighted by Gasteiger charge is 2.47. The molecule has 1 aliphatic rings. The van der Waals surface area contributed by atoms with Gasteiger partial charge in [-0.25, -0.2) is 9.59 Å². The summed E-state index contributed by atoms with van der Waals surface area (Å²) in [4.78, 5) is 49.9. The van der Waals surface area contributed by atoms with E-state index in [0.29, 0.717) is 12.8 Å². The Morgan fingerprint density at radius 2 is 1.57 bits per heavy atom. The third-order valence-corrected chi connectivity index (χ3v) is 4.95. The zero-order valence-corrected chi connectivity index (χ0v) is 16.7. The minimum absolute atomic E-state index is 0.251. The summed E-state index contributed by atoms with van der Waals surface area (Å²) in [5, 5.41) is 7.36. The summed E-state index contributed by atoms with van der Waals surface area (Å²) in [6.45, 7) is 1.37. The SMILES string of the molecule is C[C@]1(CCc2ccccc2)NC(=O)N(CC(=O)NC(=O)NCc2ccccc2)C1=O. The number of urea groups is 2. The Hall–Kier alpha value is -3.68. The monoisotopic (exact) mass is 408 g/mol. The van der Waals surface area contributed by atoms with E-state index in [0.717, 1.165) is 16.0 Å². The number of aryl methyl sites for hydroxylation is 1. The van der Waals surface area contributed by atoms with Gasteiger partial charge in [0.05, 0.1) is 0 Å². The predicted octanol–water partition coefficient (Wildman–Crippen LogP) is 1.96. The second-order valence-corrected chi connectivity index (χ2v) is 7.36. The van der Waals surface area contributed by atoms with Crippen molar-refractivity contribution in [3.05, 3.63) is 71.8 Å². The van der Waals surface area contributed by atoms with E-state index in [1.54, 1.807) is 6.92 Å². The van der Waals surface area contributed by atoms with E-state index in [4.69, 9.17) is 0 Å². The molecule has 2 aromatic carbocycles. The van der Waals surface area contributed by atoms with Gasteiger partial charge in [-0.2, -0.15) is 0 Å². The van der Waals surface area contributed by atoms with Crippen LogP contribution in [0.15, 0.2) is 60.7 Å². The van der Waals surface area contributed by atoms with Gasteiger partial charge < -0.3 is 10.6 Å². The topological polar surface area (TPSA) is 108 Å². The smallest absolute Gasteiger partial charge is 0.325 e. The molecule has 0 aliphatic carbocycles. The Labute approximate surface area is 174 Å². The number of nitrogens with one attached hydrogen (secondary N) is 3. The number of rotatable bonds is 7. The molecule has 0 radical (unpaired) electrons. The molecule has 3 rings (SSSR count). The van der Waals surface area contributed by atoms with Gasteiger partial charge in [0.1, 0.15) is 12.1 Å². The average Bonchev–Trinajstić information content (AvgIpc) is 2.95. The van der Waals surface area contributed by atoms with Gasteiger partial charge in [-0.3, -0.25) is 19.8 Å². The molecular formula is C22H24N4O4. The highest BCUT2D eigenvalue weighted by atomic mass is 16.2. The molecule has 156 valence electrons. The summed E-state index contributed by atoms with van der Waals surface area (Å²) in [7, 11) is 0. The molecule has 1 saturated heterocycles. The summed E-state index contributed by atoms with van der Waals surface area (Å²) in [5.41, 5.74) is 0.832. The Morgan fingerprint density at radius 1 is 0.967 bits per heavy atom. The van der Waals surface area contributed by atoms with Crippen LogP contribution >= 0.6 is 0 Å². The van der Waals surface area contributed by atoms with Crippen LogP contribution < -0.4 is 16.0 Å². The lowest BCUT2D eigenvalue weighted by atomic mass is 9.93. The Balaban J connectivity index is 1.50. The van der Waals surface area contributed by atoms with Crippen LogP contribution in [0.1, 0.15) is 24.5 Å². The first-order valence-corrected chi connectivity index (χ1v) is 9.67. The van der Waals surface area contributed by atoms with Gasteiger partial charge in [0, 0.05) is 6.54 Å². The molecule has 0 aromatic heterocycles. The van der Waals surface area contributed by atoms with Crippen molar-refractivity contribution in [2.75, 3.05) is 6.54 Å². The normalized spacial score (nSPS) is 18.1. The lowest BCUT2D eigenvalue weighted by Gasteiger charge is -2.21. The number of imide groups is 2. The fourth-order valence-electron chi connectivity index (χ4n) is 3.23. The van der Waals surface area contributed by atoms with Crippen LogP contribution in [-0.2, 0) is 22.6 Å². The number of carbonyl (C=O) groups excluding carboxylic acids is 4. The van der Waals surface area contributed by atoms with Gasteiger partial charge >= 0.3 is 12.1 Å². The van der Waals surface area contributed by atoms with Gasteiger partial charge in [-0.05, 0) is 30.9 Å². The van der Waals surface area contributed by atoms with Crippen LogP contribution in [0.2, 0.25) is 0 Å². The van der Waals surface area contributed by atoms with Crippen molar-refractivity contribution < 1.29 is 19.2 Å². The first kappa shape index (κ1) is 21.0. The van der Waals surface area contributed by atoms with E-state index in [-0.39, 0.29) is 6.54 Å². The van der Waals surface area contributed by atoms with Crippen LogP contribution in [0.25, 0.3) is 0 Å². The van der Waals surface area contributed by atoms with Crippen LogP contribution in [0.4, 0.5) is 9.59 Å². The maximum Gasteiger partial charge on any atom is 0.325 e. The van der Waals surface area contributed by atoms with Crippen molar-refractivity contribution in [1.82, 2.24) is 20.9 Å². The Bertz CT molecular complexity index is 933. The summed E-state index contributed by atoms with van der Waals surface area (Å²) in [6, 6.07) is 17.5. The predicted molar refractivity (Wildman–Crippen MR) is 110 cm³/mol. The first-order chi connectivity index (χ1) is 14.4. The van der Waals surface area contributed by atoms with E-state index in [2.05, 4.69) is 16.0 Å². The number of carbonyl (C=O) groups is 4. The molecule has 8 heteroatoms. The van der Waals surface area contributed by atoms with Gasteiger partial charge in [-0.15, -0.1) is 0 Å². The number of amides is 6. The lowest BCUT2D eigenvalue weighted by Crippen LogP contribution is -2.47.